The Bertz CT molecular complexity index is 1060. The molecule has 0 spiro atoms. The van der Waals surface area contributed by atoms with E-state index in [1.165, 1.54) is 37.2 Å². The Kier molecular flexibility index (Phi) is 8.32. The van der Waals surface area contributed by atoms with Crippen molar-refractivity contribution in [2.24, 2.45) is 5.10 Å². The number of thioether (sulfide) groups is 1. The molecule has 8 heteroatoms. The van der Waals surface area contributed by atoms with E-state index in [1.807, 2.05) is 12.1 Å². The lowest BCUT2D eigenvalue weighted by molar-refractivity contribution is -0.118. The highest BCUT2D eigenvalue weighted by Gasteiger charge is 2.07. The molecule has 31 heavy (non-hydrogen) atoms. The van der Waals surface area contributed by atoms with Crippen LogP contribution in [-0.4, -0.2) is 25.0 Å². The van der Waals surface area contributed by atoms with Gasteiger partial charge in [0.25, 0.3) is 0 Å². The summed E-state index contributed by atoms with van der Waals surface area (Å²) in [5, 5.41) is 4.63. The third-order valence-corrected chi connectivity index (χ3v) is 5.32. The number of hydrazone groups is 1. The van der Waals surface area contributed by atoms with Crippen LogP contribution in [0.15, 0.2) is 76.7 Å². The molecule has 0 aliphatic rings. The normalized spacial score (nSPS) is 10.8. The number of nitrogens with one attached hydrogen (secondary N) is 1. The van der Waals surface area contributed by atoms with Gasteiger partial charge >= 0.3 is 0 Å². The first-order chi connectivity index (χ1) is 15.0. The summed E-state index contributed by atoms with van der Waals surface area (Å²) in [6.45, 7) is 0.211. The number of hydrogen-bond acceptors (Lipinski definition) is 5. The van der Waals surface area contributed by atoms with Gasteiger partial charge in [0.1, 0.15) is 12.4 Å². The highest BCUT2D eigenvalue weighted by Crippen LogP contribution is 2.28. The first-order valence-electron chi connectivity index (χ1n) is 9.29. The van der Waals surface area contributed by atoms with Gasteiger partial charge in [0, 0.05) is 9.92 Å². The lowest BCUT2D eigenvalue weighted by atomic mass is 10.2. The van der Waals surface area contributed by atoms with Crippen molar-refractivity contribution in [3.05, 3.63) is 88.7 Å². The largest absolute Gasteiger partial charge is 0.493 e. The molecule has 0 aliphatic carbocycles. The van der Waals surface area contributed by atoms with Crippen LogP contribution in [0.2, 0.25) is 5.02 Å². The van der Waals surface area contributed by atoms with E-state index in [-0.39, 0.29) is 24.1 Å². The first-order valence-corrected chi connectivity index (χ1v) is 10.7. The molecule has 0 aromatic heterocycles. The number of ether oxygens (including phenoxy) is 2. The van der Waals surface area contributed by atoms with Crippen LogP contribution in [0.25, 0.3) is 0 Å². The summed E-state index contributed by atoms with van der Waals surface area (Å²) in [6.07, 6.45) is 1.52. The monoisotopic (exact) mass is 458 g/mol. The van der Waals surface area contributed by atoms with Gasteiger partial charge in [0.2, 0.25) is 5.91 Å². The number of rotatable bonds is 9. The number of benzene rings is 3. The van der Waals surface area contributed by atoms with E-state index < -0.39 is 0 Å². The van der Waals surface area contributed by atoms with Crippen LogP contribution >= 0.6 is 23.4 Å². The zero-order valence-electron chi connectivity index (χ0n) is 16.7. The van der Waals surface area contributed by atoms with Crippen LogP contribution in [0.5, 0.6) is 11.5 Å². The lowest BCUT2D eigenvalue weighted by Crippen LogP contribution is -2.19. The second-order valence-electron chi connectivity index (χ2n) is 6.36. The summed E-state index contributed by atoms with van der Waals surface area (Å²) in [7, 11) is 1.53. The Morgan fingerprint density at radius 2 is 1.94 bits per heavy atom. The number of amides is 1. The van der Waals surface area contributed by atoms with Gasteiger partial charge in [-0.2, -0.15) is 5.10 Å². The molecule has 0 aliphatic heterocycles. The summed E-state index contributed by atoms with van der Waals surface area (Å²) in [5.74, 6) is 0.721. The fourth-order valence-electron chi connectivity index (χ4n) is 2.56. The van der Waals surface area contributed by atoms with Crippen LogP contribution in [0.4, 0.5) is 4.39 Å². The van der Waals surface area contributed by atoms with E-state index in [0.717, 1.165) is 10.5 Å². The second-order valence-corrected chi connectivity index (χ2v) is 7.85. The van der Waals surface area contributed by atoms with Crippen molar-refractivity contribution in [3.8, 4) is 11.5 Å². The van der Waals surface area contributed by atoms with Crippen molar-refractivity contribution in [1.82, 2.24) is 5.43 Å². The SMILES string of the molecule is COc1cc(/C=N\NC(=O)CSc2ccc(Cl)cc2)ccc1OCc1cccc(F)c1. The van der Waals surface area contributed by atoms with Gasteiger partial charge in [-0.25, -0.2) is 9.82 Å². The molecule has 0 bridgehead atoms. The molecular formula is C23H20ClFN2O3S. The van der Waals surface area contributed by atoms with Crippen molar-refractivity contribution in [1.29, 1.82) is 0 Å². The zero-order chi connectivity index (χ0) is 22.1. The maximum atomic E-state index is 13.3. The van der Waals surface area contributed by atoms with E-state index in [0.29, 0.717) is 22.1 Å². The first kappa shape index (κ1) is 22.7. The molecular weight excluding hydrogens is 439 g/mol. The minimum atomic E-state index is -0.312. The third kappa shape index (κ3) is 7.31. The average molecular weight is 459 g/mol. The molecule has 0 heterocycles. The maximum absolute atomic E-state index is 13.3. The Morgan fingerprint density at radius 3 is 2.68 bits per heavy atom. The minimum Gasteiger partial charge on any atom is -0.493 e. The molecule has 0 saturated heterocycles. The Morgan fingerprint density at radius 1 is 1.13 bits per heavy atom. The topological polar surface area (TPSA) is 59.9 Å². The van der Waals surface area contributed by atoms with Crippen LogP contribution in [0.1, 0.15) is 11.1 Å². The van der Waals surface area contributed by atoms with E-state index >= 15 is 0 Å². The van der Waals surface area contributed by atoms with Crippen molar-refractivity contribution in [2.75, 3.05) is 12.9 Å². The molecule has 3 aromatic rings. The lowest BCUT2D eigenvalue weighted by Gasteiger charge is -2.11. The summed E-state index contributed by atoms with van der Waals surface area (Å²) in [4.78, 5) is 12.9. The van der Waals surface area contributed by atoms with Gasteiger partial charge in [-0.15, -0.1) is 11.8 Å². The van der Waals surface area contributed by atoms with E-state index in [2.05, 4.69) is 10.5 Å². The summed E-state index contributed by atoms with van der Waals surface area (Å²) < 4.78 is 24.4. The van der Waals surface area contributed by atoms with Crippen LogP contribution < -0.4 is 14.9 Å². The highest BCUT2D eigenvalue weighted by atomic mass is 35.5. The molecule has 1 amide bonds. The number of carbonyl (C=O) groups excluding carboxylic acids is 1. The number of halogens is 2. The molecule has 0 atom stereocenters. The van der Waals surface area contributed by atoms with Gasteiger partial charge in [0.15, 0.2) is 11.5 Å². The molecule has 0 radical (unpaired) electrons. The van der Waals surface area contributed by atoms with Crippen molar-refractivity contribution < 1.29 is 18.7 Å². The fourth-order valence-corrected chi connectivity index (χ4v) is 3.38. The predicted molar refractivity (Wildman–Crippen MR) is 122 cm³/mol. The van der Waals surface area contributed by atoms with Crippen molar-refractivity contribution >= 4 is 35.5 Å². The van der Waals surface area contributed by atoms with Gasteiger partial charge in [-0.05, 0) is 65.7 Å². The summed E-state index contributed by atoms with van der Waals surface area (Å²) in [6, 6.07) is 18.7. The third-order valence-electron chi connectivity index (χ3n) is 4.06. The van der Waals surface area contributed by atoms with Gasteiger partial charge in [-0.3, -0.25) is 4.79 Å². The summed E-state index contributed by atoms with van der Waals surface area (Å²) >= 11 is 7.24. The van der Waals surface area contributed by atoms with E-state index in [9.17, 15) is 9.18 Å². The quantitative estimate of drug-likeness (QED) is 0.268. The molecule has 0 saturated carbocycles. The molecule has 1 N–H and O–H groups in total. The van der Waals surface area contributed by atoms with E-state index in [4.69, 9.17) is 21.1 Å². The van der Waals surface area contributed by atoms with Gasteiger partial charge in [0.05, 0.1) is 19.1 Å². The molecule has 3 rings (SSSR count). The molecule has 160 valence electrons. The number of nitrogens with zero attached hydrogens (tertiary/aromatic N) is 1. The maximum Gasteiger partial charge on any atom is 0.250 e. The van der Waals surface area contributed by atoms with Gasteiger partial charge < -0.3 is 9.47 Å². The summed E-state index contributed by atoms with van der Waals surface area (Å²) in [5.41, 5.74) is 3.93. The predicted octanol–water partition coefficient (Wildman–Crippen LogP) is 5.31. The number of methoxy groups -OCH3 is 1. The highest BCUT2D eigenvalue weighted by molar-refractivity contribution is 8.00. The van der Waals surface area contributed by atoms with Crippen LogP contribution in [0.3, 0.4) is 0 Å². The number of carbonyl (C=O) groups is 1. The Balaban J connectivity index is 1.51. The standard InChI is InChI=1S/C23H20ClFN2O3S/c1-29-22-12-16(5-10-21(22)30-14-17-3-2-4-19(25)11-17)13-26-27-23(28)15-31-20-8-6-18(24)7-9-20/h2-13H,14-15H2,1H3,(H,27,28)/b26-13-. The molecule has 3 aromatic carbocycles. The van der Waals surface area contributed by atoms with Crippen LogP contribution in [-0.2, 0) is 11.4 Å². The van der Waals surface area contributed by atoms with Gasteiger partial charge in [-0.1, -0.05) is 23.7 Å². The average Bonchev–Trinajstić information content (AvgIpc) is 2.77. The molecule has 5 nitrogen and oxygen atoms in total. The van der Waals surface area contributed by atoms with Crippen molar-refractivity contribution in [3.63, 3.8) is 0 Å². The molecule has 0 fully saturated rings. The molecule has 0 unspecified atom stereocenters. The van der Waals surface area contributed by atoms with Crippen molar-refractivity contribution in [2.45, 2.75) is 11.5 Å². The Labute approximate surface area is 189 Å². The minimum absolute atomic E-state index is 0.211. The van der Waals surface area contributed by atoms with E-state index in [1.54, 1.807) is 42.5 Å². The van der Waals surface area contributed by atoms with Crippen LogP contribution in [0, 0.1) is 5.82 Å². The Hall–Kier alpha value is -3.03. The second kappa shape index (κ2) is 11.4. The fraction of sp³-hybridized carbons (Fsp3) is 0.130. The zero-order valence-corrected chi connectivity index (χ0v) is 18.3. The number of hydrogen-bond donors (Lipinski definition) is 1. The smallest absolute Gasteiger partial charge is 0.250 e.